The minimum absolute atomic E-state index is 0.0383. The quantitative estimate of drug-likeness (QED) is 0.0985. The van der Waals surface area contributed by atoms with E-state index in [1.165, 1.54) is 35.4 Å². The van der Waals surface area contributed by atoms with Crippen LogP contribution in [0.25, 0.3) is 22.3 Å². The fourth-order valence-corrected chi connectivity index (χ4v) is 6.53. The summed E-state index contributed by atoms with van der Waals surface area (Å²) in [4.78, 5) is 55.4. The third-order valence-electron chi connectivity index (χ3n) is 9.02. The van der Waals surface area contributed by atoms with Gasteiger partial charge in [-0.2, -0.15) is 9.94 Å². The molecule has 4 aromatic rings. The number of aromatic amines is 1. The van der Waals surface area contributed by atoms with Crippen molar-refractivity contribution in [3.8, 4) is 30.0 Å². The zero-order valence-corrected chi connectivity index (χ0v) is 26.9. The molecule has 2 aliphatic heterocycles. The molecule has 0 spiro atoms. The number of pyridine rings is 1. The number of methoxy groups -OCH3 is 1. The number of Topliss-reactive ketones (excluding diaryl/α,β-unsaturated/α-hetero) is 1. The maximum absolute atomic E-state index is 13.6. The third kappa shape index (κ3) is 6.65. The second-order valence-corrected chi connectivity index (χ2v) is 11.9. The van der Waals surface area contributed by atoms with E-state index in [0.29, 0.717) is 68.3 Å². The van der Waals surface area contributed by atoms with Crippen molar-refractivity contribution in [2.75, 3.05) is 39.9 Å². The average Bonchev–Trinajstić information content (AvgIpc) is 3.90. The van der Waals surface area contributed by atoms with Gasteiger partial charge in [-0.3, -0.25) is 19.3 Å². The molecule has 2 fully saturated rings. The highest BCUT2D eigenvalue weighted by Gasteiger charge is 2.33. The van der Waals surface area contributed by atoms with Gasteiger partial charge in [0, 0.05) is 50.9 Å². The smallest absolute Gasteiger partial charge is 0.295 e. The lowest BCUT2D eigenvalue weighted by molar-refractivity contribution is -0.126. The van der Waals surface area contributed by atoms with E-state index >= 15 is 0 Å². The number of H-pyrrole nitrogens is 1. The first-order valence-electron chi connectivity index (χ1n) is 15.9. The Morgan fingerprint density at radius 3 is 2.65 bits per heavy atom. The van der Waals surface area contributed by atoms with Gasteiger partial charge < -0.3 is 25.0 Å². The van der Waals surface area contributed by atoms with Crippen molar-refractivity contribution in [1.29, 1.82) is 5.26 Å². The maximum atomic E-state index is 13.6. The van der Waals surface area contributed by atoms with Crippen LogP contribution in [0, 0.1) is 23.7 Å². The number of hydrogen-bond acceptors (Lipinski definition) is 10. The molecule has 2 aliphatic rings. The number of allylic oxidation sites excluding steroid dienone is 1. The molecule has 3 aromatic heterocycles. The van der Waals surface area contributed by atoms with Gasteiger partial charge in [-0.25, -0.2) is 9.97 Å². The van der Waals surface area contributed by atoms with Crippen LogP contribution in [0.4, 0.5) is 0 Å². The number of aliphatic hydroxyl groups is 1. The summed E-state index contributed by atoms with van der Waals surface area (Å²) in [7, 11) is 1.44. The molecule has 6 rings (SSSR count). The van der Waals surface area contributed by atoms with Crippen molar-refractivity contribution < 1.29 is 24.2 Å². The maximum Gasteiger partial charge on any atom is 0.295 e. The Kier molecular flexibility index (Phi) is 9.80. The minimum Gasteiger partial charge on any atom is -0.494 e. The molecule has 0 bridgehead atoms. The molecule has 0 unspecified atom stereocenters. The Hall–Kier alpha value is -5.83. The number of benzene rings is 1. The fraction of sp³-hybridized carbons (Fsp3) is 0.343. The number of hydrogen-bond donors (Lipinski definition) is 3. The van der Waals surface area contributed by atoms with E-state index in [-0.39, 0.29) is 41.6 Å². The van der Waals surface area contributed by atoms with E-state index in [2.05, 4.69) is 42.3 Å². The van der Waals surface area contributed by atoms with Gasteiger partial charge in [-0.05, 0) is 30.4 Å². The lowest BCUT2D eigenvalue weighted by Crippen LogP contribution is -2.40. The van der Waals surface area contributed by atoms with Crippen LogP contribution in [0.1, 0.15) is 52.2 Å². The molecular weight excluding hydrogens is 626 g/mol. The zero-order valence-electron chi connectivity index (χ0n) is 26.9. The number of ketones is 1. The average molecular weight is 662 g/mol. The number of rotatable bonds is 10. The van der Waals surface area contributed by atoms with Crippen LogP contribution in [0.3, 0.4) is 0 Å². The molecule has 1 aromatic carbocycles. The van der Waals surface area contributed by atoms with Gasteiger partial charge in [0.1, 0.15) is 12.1 Å². The minimum atomic E-state index is -0.717. The number of amides is 2. The van der Waals surface area contributed by atoms with Crippen LogP contribution in [0.15, 0.2) is 54.6 Å². The number of likely N-dealkylation sites (tertiary alicyclic amines) is 2. The van der Waals surface area contributed by atoms with Crippen LogP contribution in [-0.4, -0.2) is 109 Å². The van der Waals surface area contributed by atoms with Crippen LogP contribution in [-0.2, 0) is 4.79 Å². The summed E-state index contributed by atoms with van der Waals surface area (Å²) in [5.41, 5.74) is 2.86. The Balaban J connectivity index is 1.18. The van der Waals surface area contributed by atoms with E-state index in [1.807, 2.05) is 30.3 Å². The number of aliphatic hydroxyl groups excluding tert-OH is 1. The highest BCUT2D eigenvalue weighted by atomic mass is 16.5. The van der Waals surface area contributed by atoms with Crippen molar-refractivity contribution >= 4 is 34.1 Å². The van der Waals surface area contributed by atoms with Crippen LogP contribution in [0.5, 0.6) is 5.75 Å². The number of ether oxygens (including phenoxy) is 1. The SMILES string of the molecule is C#CCCN1C[C@@H](NC(=O)c2ncn(-c3ncc(OC)c4c(C(=O)C(=O)N5CCC(=C(C#N)c6ccccc6)CC5)c[nH]c34)n2)C[C@H]1CO. The topological polar surface area (TPSA) is 182 Å². The number of terminal acetylenes is 1. The molecule has 0 saturated carbocycles. The van der Waals surface area contributed by atoms with Crippen molar-refractivity contribution in [2.24, 2.45) is 0 Å². The standard InChI is InChI=1S/C35H35N9O5/c1-3-4-12-43-19-24(15-25(43)20-45)40-34(47)32-39-21-44(41-32)33-30-29(28(49-2)18-38-33)27(17-37-30)31(46)35(48)42-13-10-23(11-14-42)26(16-36)22-8-6-5-7-9-22/h1,5-9,17-18,21,24-25,37,45H,4,10-15,19-20H2,2H3,(H,40,47)/t24-,25-/m0/s1. The summed E-state index contributed by atoms with van der Waals surface area (Å²) in [6, 6.07) is 11.4. The van der Waals surface area contributed by atoms with Gasteiger partial charge in [-0.15, -0.1) is 17.4 Å². The molecule has 5 heterocycles. The number of carbonyl (C=O) groups excluding carboxylic acids is 3. The zero-order chi connectivity index (χ0) is 34.5. The molecule has 49 heavy (non-hydrogen) atoms. The summed E-state index contributed by atoms with van der Waals surface area (Å²) in [5, 5.41) is 27.2. The van der Waals surface area contributed by atoms with E-state index in [9.17, 15) is 24.8 Å². The van der Waals surface area contributed by atoms with Gasteiger partial charge in [0.05, 0.1) is 48.0 Å². The number of nitrogens with one attached hydrogen (secondary N) is 2. The molecule has 250 valence electrons. The lowest BCUT2D eigenvalue weighted by Gasteiger charge is -2.28. The molecule has 14 nitrogen and oxygen atoms in total. The van der Waals surface area contributed by atoms with E-state index in [0.717, 1.165) is 11.1 Å². The number of nitrogens with zero attached hydrogens (tertiary/aromatic N) is 7. The Labute approximate surface area is 282 Å². The monoisotopic (exact) mass is 661 g/mol. The van der Waals surface area contributed by atoms with E-state index < -0.39 is 17.6 Å². The lowest BCUT2D eigenvalue weighted by atomic mass is 9.93. The van der Waals surface area contributed by atoms with Gasteiger partial charge in [-0.1, -0.05) is 30.3 Å². The van der Waals surface area contributed by atoms with Gasteiger partial charge in [0.2, 0.25) is 5.82 Å². The summed E-state index contributed by atoms with van der Waals surface area (Å²) in [6.45, 7) is 1.74. The molecular formula is C35H35N9O5. The number of aromatic nitrogens is 5. The first kappa shape index (κ1) is 33.1. The van der Waals surface area contributed by atoms with E-state index in [4.69, 9.17) is 11.2 Å². The van der Waals surface area contributed by atoms with Crippen molar-refractivity contribution in [1.82, 2.24) is 39.8 Å². The van der Waals surface area contributed by atoms with Crippen LogP contribution < -0.4 is 10.1 Å². The number of piperidine rings is 1. The number of nitriles is 1. The first-order valence-corrected chi connectivity index (χ1v) is 15.9. The summed E-state index contributed by atoms with van der Waals surface area (Å²) >= 11 is 0. The fourth-order valence-electron chi connectivity index (χ4n) is 6.53. The van der Waals surface area contributed by atoms with Gasteiger partial charge >= 0.3 is 0 Å². The normalized spacial score (nSPS) is 17.8. The summed E-state index contributed by atoms with van der Waals surface area (Å²) in [5.74, 6) is 1.17. The predicted molar refractivity (Wildman–Crippen MR) is 178 cm³/mol. The summed E-state index contributed by atoms with van der Waals surface area (Å²) in [6.07, 6.45) is 11.7. The van der Waals surface area contributed by atoms with Crippen molar-refractivity contribution in [3.63, 3.8) is 0 Å². The Morgan fingerprint density at radius 1 is 1.18 bits per heavy atom. The first-order chi connectivity index (χ1) is 23.9. The Bertz CT molecular complexity index is 1990. The van der Waals surface area contributed by atoms with Crippen molar-refractivity contribution in [3.05, 3.63) is 71.6 Å². The predicted octanol–water partition coefficient (Wildman–Crippen LogP) is 2.12. The molecule has 0 aliphatic carbocycles. The highest BCUT2D eigenvalue weighted by molar-refractivity contribution is 6.45. The van der Waals surface area contributed by atoms with Crippen molar-refractivity contribution in [2.45, 2.75) is 37.8 Å². The molecule has 2 amide bonds. The van der Waals surface area contributed by atoms with Gasteiger partial charge in [0.15, 0.2) is 5.82 Å². The number of fused-ring (bicyclic) bond motifs is 1. The third-order valence-corrected chi connectivity index (χ3v) is 9.02. The molecule has 0 radical (unpaired) electrons. The second kappa shape index (κ2) is 14.5. The van der Waals surface area contributed by atoms with Crippen LogP contribution >= 0.6 is 0 Å². The largest absolute Gasteiger partial charge is 0.494 e. The van der Waals surface area contributed by atoms with Crippen LogP contribution in [0.2, 0.25) is 0 Å². The Morgan fingerprint density at radius 2 is 1.96 bits per heavy atom. The van der Waals surface area contributed by atoms with Gasteiger partial charge in [0.25, 0.3) is 17.6 Å². The summed E-state index contributed by atoms with van der Waals surface area (Å²) < 4.78 is 6.83. The number of carbonyl (C=O) groups is 3. The molecule has 2 saturated heterocycles. The highest BCUT2D eigenvalue weighted by Crippen LogP contribution is 2.33. The molecule has 3 N–H and O–H groups in total. The second-order valence-electron chi connectivity index (χ2n) is 11.9. The van der Waals surface area contributed by atoms with E-state index in [1.54, 1.807) is 0 Å². The molecule has 14 heteroatoms. The molecule has 2 atom stereocenters.